The van der Waals surface area contributed by atoms with Crippen LogP contribution < -0.4 is 5.73 Å². The smallest absolute Gasteiger partial charge is 0.155 e. The van der Waals surface area contributed by atoms with Gasteiger partial charge in [-0.25, -0.2) is 17.2 Å². The molecule has 2 atom stereocenters. The first-order chi connectivity index (χ1) is 8.83. The van der Waals surface area contributed by atoms with E-state index in [-0.39, 0.29) is 16.9 Å². The van der Waals surface area contributed by atoms with E-state index < -0.39 is 32.8 Å². The van der Waals surface area contributed by atoms with Crippen molar-refractivity contribution in [2.75, 3.05) is 5.75 Å². The van der Waals surface area contributed by atoms with Crippen LogP contribution in [0.25, 0.3) is 0 Å². The van der Waals surface area contributed by atoms with Gasteiger partial charge >= 0.3 is 0 Å². The Morgan fingerprint density at radius 2 is 1.95 bits per heavy atom. The quantitative estimate of drug-likeness (QED) is 0.908. The predicted molar refractivity (Wildman–Crippen MR) is 69.4 cm³/mol. The molecule has 0 spiro atoms. The molecule has 0 aliphatic carbocycles. The van der Waals surface area contributed by atoms with Crippen LogP contribution in [0.3, 0.4) is 0 Å². The van der Waals surface area contributed by atoms with Crippen molar-refractivity contribution in [3.63, 3.8) is 0 Å². The van der Waals surface area contributed by atoms with E-state index in [4.69, 9.17) is 5.73 Å². The van der Waals surface area contributed by atoms with Crippen molar-refractivity contribution < 1.29 is 17.2 Å². The average Bonchev–Trinajstić information content (AvgIpc) is 2.32. The predicted octanol–water partition coefficient (Wildman–Crippen LogP) is 2.24. The minimum Gasteiger partial charge on any atom is -0.323 e. The highest BCUT2D eigenvalue weighted by Crippen LogP contribution is 2.31. The maximum atomic E-state index is 13.8. The Morgan fingerprint density at radius 1 is 1.26 bits per heavy atom. The Morgan fingerprint density at radius 3 is 2.58 bits per heavy atom. The van der Waals surface area contributed by atoms with E-state index >= 15 is 0 Å². The van der Waals surface area contributed by atoms with Gasteiger partial charge in [-0.15, -0.1) is 0 Å². The van der Waals surface area contributed by atoms with Gasteiger partial charge in [-0.3, -0.25) is 0 Å². The molecular weight excluding hydrogens is 272 g/mol. The van der Waals surface area contributed by atoms with Gasteiger partial charge in [0.15, 0.2) is 9.84 Å². The lowest BCUT2D eigenvalue weighted by atomic mass is 9.98. The van der Waals surface area contributed by atoms with Gasteiger partial charge < -0.3 is 5.73 Å². The van der Waals surface area contributed by atoms with Gasteiger partial charge in [0, 0.05) is 17.7 Å². The Kier molecular flexibility index (Phi) is 3.92. The van der Waals surface area contributed by atoms with Gasteiger partial charge in [0.1, 0.15) is 11.6 Å². The van der Waals surface area contributed by atoms with Crippen molar-refractivity contribution >= 4 is 9.84 Å². The number of aryl methyl sites for hydroxylation is 1. The molecule has 3 nitrogen and oxygen atoms in total. The largest absolute Gasteiger partial charge is 0.323 e. The second kappa shape index (κ2) is 5.17. The molecule has 1 aromatic rings. The van der Waals surface area contributed by atoms with Gasteiger partial charge in [-0.05, 0) is 31.4 Å². The summed E-state index contributed by atoms with van der Waals surface area (Å²) >= 11 is 0. The normalized spacial score (nSPS) is 24.1. The second-order valence-electron chi connectivity index (χ2n) is 5.05. The molecule has 106 valence electrons. The fraction of sp³-hybridized carbons (Fsp3) is 0.538. The van der Waals surface area contributed by atoms with Crippen LogP contribution in [-0.4, -0.2) is 19.4 Å². The summed E-state index contributed by atoms with van der Waals surface area (Å²) in [4.78, 5) is 0. The molecule has 1 aromatic carbocycles. The highest BCUT2D eigenvalue weighted by Gasteiger charge is 2.35. The third-order valence-electron chi connectivity index (χ3n) is 3.67. The highest BCUT2D eigenvalue weighted by molar-refractivity contribution is 7.92. The molecular formula is C13H17F2NO2S. The Bertz CT molecular complexity index is 587. The van der Waals surface area contributed by atoms with E-state index in [1.54, 1.807) is 0 Å². The van der Waals surface area contributed by atoms with E-state index in [9.17, 15) is 17.2 Å². The van der Waals surface area contributed by atoms with Crippen LogP contribution in [-0.2, 0) is 9.84 Å². The first kappa shape index (κ1) is 14.4. The summed E-state index contributed by atoms with van der Waals surface area (Å²) in [5.74, 6) is -1.34. The Labute approximate surface area is 111 Å². The number of hydrogen-bond acceptors (Lipinski definition) is 3. The van der Waals surface area contributed by atoms with Crippen molar-refractivity contribution in [2.24, 2.45) is 5.73 Å². The van der Waals surface area contributed by atoms with Crippen LogP contribution in [0, 0.1) is 18.6 Å². The van der Waals surface area contributed by atoms with Crippen molar-refractivity contribution in [3.8, 4) is 0 Å². The summed E-state index contributed by atoms with van der Waals surface area (Å²) in [5.41, 5.74) is 6.27. The molecule has 6 heteroatoms. The van der Waals surface area contributed by atoms with Crippen LogP contribution >= 0.6 is 0 Å². The number of nitrogens with two attached hydrogens (primary N) is 1. The standard InChI is InChI=1S/C13H17F2NO2S/c1-8-6-9(11(15)7-10(8)14)13(16)12-4-2-3-5-19(12,17)18/h6-7,12-13H,2-5,16H2,1H3. The van der Waals surface area contributed by atoms with E-state index in [0.717, 1.165) is 12.5 Å². The average molecular weight is 289 g/mol. The molecule has 0 bridgehead atoms. The third kappa shape index (κ3) is 2.79. The summed E-state index contributed by atoms with van der Waals surface area (Å²) in [6.07, 6.45) is 1.81. The number of halogens is 2. The fourth-order valence-corrected chi connectivity index (χ4v) is 4.55. The minimum atomic E-state index is -3.30. The number of rotatable bonds is 2. The van der Waals surface area contributed by atoms with Crippen molar-refractivity contribution in [3.05, 3.63) is 34.9 Å². The van der Waals surface area contributed by atoms with Gasteiger partial charge in [0.05, 0.1) is 11.0 Å². The third-order valence-corrected chi connectivity index (χ3v) is 5.98. The van der Waals surface area contributed by atoms with E-state index in [1.165, 1.54) is 13.0 Å². The lowest BCUT2D eigenvalue weighted by Crippen LogP contribution is -2.38. The van der Waals surface area contributed by atoms with Crippen molar-refractivity contribution in [1.29, 1.82) is 0 Å². The SMILES string of the molecule is Cc1cc(C(N)C2CCCCS2(=O)=O)c(F)cc1F. The Hall–Kier alpha value is -1.01. The molecule has 1 saturated heterocycles. The summed E-state index contributed by atoms with van der Waals surface area (Å²) < 4.78 is 51.0. The van der Waals surface area contributed by atoms with Gasteiger partial charge in [-0.2, -0.15) is 0 Å². The number of benzene rings is 1. The van der Waals surface area contributed by atoms with Gasteiger partial charge in [0.25, 0.3) is 0 Å². The molecule has 2 rings (SSSR count). The van der Waals surface area contributed by atoms with Crippen LogP contribution in [0.5, 0.6) is 0 Å². The lowest BCUT2D eigenvalue weighted by molar-refractivity contribution is 0.488. The molecule has 1 heterocycles. The van der Waals surface area contributed by atoms with Gasteiger partial charge in [-0.1, -0.05) is 6.42 Å². The lowest BCUT2D eigenvalue weighted by Gasteiger charge is -2.28. The van der Waals surface area contributed by atoms with E-state index in [0.29, 0.717) is 12.8 Å². The summed E-state index contributed by atoms with van der Waals surface area (Å²) in [7, 11) is -3.30. The van der Waals surface area contributed by atoms with Crippen molar-refractivity contribution in [1.82, 2.24) is 0 Å². The summed E-state index contributed by atoms with van der Waals surface area (Å²) in [6, 6.07) is 1.13. The zero-order chi connectivity index (χ0) is 14.2. The molecule has 1 fully saturated rings. The maximum absolute atomic E-state index is 13.8. The molecule has 0 aromatic heterocycles. The molecule has 1 aliphatic heterocycles. The first-order valence-electron chi connectivity index (χ1n) is 6.25. The molecule has 0 amide bonds. The zero-order valence-corrected chi connectivity index (χ0v) is 11.5. The minimum absolute atomic E-state index is 0.0781. The fourth-order valence-electron chi connectivity index (χ4n) is 2.52. The zero-order valence-electron chi connectivity index (χ0n) is 10.7. The molecule has 0 radical (unpaired) electrons. The second-order valence-corrected chi connectivity index (χ2v) is 7.39. The molecule has 2 N–H and O–H groups in total. The van der Waals surface area contributed by atoms with Crippen molar-refractivity contribution in [2.45, 2.75) is 37.5 Å². The summed E-state index contributed by atoms with van der Waals surface area (Å²) in [5, 5.41) is -0.777. The van der Waals surface area contributed by atoms with Crippen LogP contribution in [0.1, 0.15) is 36.4 Å². The molecule has 0 saturated carbocycles. The van der Waals surface area contributed by atoms with Crippen LogP contribution in [0.15, 0.2) is 12.1 Å². The Balaban J connectivity index is 2.39. The van der Waals surface area contributed by atoms with E-state index in [2.05, 4.69) is 0 Å². The van der Waals surface area contributed by atoms with E-state index in [1.807, 2.05) is 0 Å². The molecule has 19 heavy (non-hydrogen) atoms. The van der Waals surface area contributed by atoms with Gasteiger partial charge in [0.2, 0.25) is 0 Å². The number of hydrogen-bond donors (Lipinski definition) is 1. The monoisotopic (exact) mass is 289 g/mol. The topological polar surface area (TPSA) is 60.2 Å². The van der Waals surface area contributed by atoms with Crippen LogP contribution in [0.2, 0.25) is 0 Å². The number of sulfone groups is 1. The van der Waals surface area contributed by atoms with Crippen LogP contribution in [0.4, 0.5) is 8.78 Å². The molecule has 1 aliphatic rings. The summed E-state index contributed by atoms with van der Waals surface area (Å²) in [6.45, 7) is 1.50. The maximum Gasteiger partial charge on any atom is 0.155 e. The molecule has 2 unspecified atom stereocenters. The highest BCUT2D eigenvalue weighted by atomic mass is 32.2. The first-order valence-corrected chi connectivity index (χ1v) is 7.97.